The second-order valence-electron chi connectivity index (χ2n) is 5.80. The van der Waals surface area contributed by atoms with Gasteiger partial charge in [-0.25, -0.2) is 0 Å². The van der Waals surface area contributed by atoms with Crippen LogP contribution in [0.3, 0.4) is 0 Å². The number of phenols is 1. The Kier molecular flexibility index (Phi) is 3.81. The third-order valence-corrected chi connectivity index (χ3v) is 5.00. The number of nitrogens with two attached hydrogens (primary N) is 1. The van der Waals surface area contributed by atoms with Crippen LogP contribution < -0.4 is 11.3 Å². The monoisotopic (exact) mass is 366 g/mol. The largest absolute Gasteiger partial charge is 0.508 e. The lowest BCUT2D eigenvalue weighted by molar-refractivity contribution is 0.100. The van der Waals surface area contributed by atoms with E-state index >= 15 is 0 Å². The van der Waals surface area contributed by atoms with Crippen molar-refractivity contribution < 1.29 is 9.90 Å². The van der Waals surface area contributed by atoms with E-state index in [1.807, 2.05) is 0 Å². The smallest absolute Gasteiger partial charge is 0.259 e. The number of nitrogens with one attached hydrogen (secondary N) is 1. The number of hydrogen-bond donors (Lipinski definition) is 3. The van der Waals surface area contributed by atoms with Gasteiger partial charge in [-0.05, 0) is 29.8 Å². The topological polar surface area (TPSA) is 114 Å². The molecule has 3 aromatic heterocycles. The summed E-state index contributed by atoms with van der Waals surface area (Å²) in [6, 6.07) is 10.2. The Morgan fingerprint density at radius 1 is 1.27 bits per heavy atom. The number of hydrogen-bond acceptors (Lipinski definition) is 5. The minimum atomic E-state index is -0.511. The van der Waals surface area contributed by atoms with E-state index in [2.05, 4.69) is 10.1 Å². The fourth-order valence-electron chi connectivity index (χ4n) is 2.82. The third-order valence-electron chi connectivity index (χ3n) is 4.06. The molecular formula is C18H14N4O3S. The molecule has 0 aliphatic rings. The fourth-order valence-corrected chi connectivity index (χ4v) is 3.57. The predicted molar refractivity (Wildman–Crippen MR) is 99.4 cm³/mol. The molecule has 0 bridgehead atoms. The van der Waals surface area contributed by atoms with Crippen molar-refractivity contribution in [3.05, 3.63) is 68.8 Å². The van der Waals surface area contributed by atoms with Crippen molar-refractivity contribution in [3.63, 3.8) is 0 Å². The van der Waals surface area contributed by atoms with Gasteiger partial charge in [0.25, 0.3) is 11.5 Å². The second-order valence-corrected chi connectivity index (χ2v) is 6.71. The standard InChI is InChI=1S/C18H14N4O3S/c19-17(24)14-7-11(9-26-14)16-15-13(5-6-20-18(15)25)22(21-16)8-10-1-3-12(23)4-2-10/h1-7,9,23H,8H2,(H2,19,24)(H,20,25). The van der Waals surface area contributed by atoms with Gasteiger partial charge in [-0.2, -0.15) is 5.10 Å². The van der Waals surface area contributed by atoms with Gasteiger partial charge in [0.2, 0.25) is 0 Å². The molecule has 0 aliphatic heterocycles. The van der Waals surface area contributed by atoms with E-state index in [1.165, 1.54) is 11.3 Å². The number of nitrogens with zero attached hydrogens (tertiary/aromatic N) is 2. The van der Waals surface area contributed by atoms with E-state index in [4.69, 9.17) is 5.73 Å². The normalized spacial score (nSPS) is 11.1. The van der Waals surface area contributed by atoms with Crippen molar-refractivity contribution in [3.8, 4) is 17.0 Å². The highest BCUT2D eigenvalue weighted by atomic mass is 32.1. The number of primary amides is 1. The molecule has 0 spiro atoms. The maximum absolute atomic E-state index is 12.4. The summed E-state index contributed by atoms with van der Waals surface area (Å²) < 4.78 is 1.73. The molecule has 0 saturated carbocycles. The number of carbonyl (C=O) groups is 1. The Bertz CT molecular complexity index is 1170. The Morgan fingerprint density at radius 3 is 2.73 bits per heavy atom. The van der Waals surface area contributed by atoms with Crippen molar-refractivity contribution in [2.45, 2.75) is 6.54 Å². The van der Waals surface area contributed by atoms with Crippen molar-refractivity contribution in [1.29, 1.82) is 0 Å². The van der Waals surface area contributed by atoms with Crippen molar-refractivity contribution in [1.82, 2.24) is 14.8 Å². The zero-order valence-electron chi connectivity index (χ0n) is 13.5. The molecule has 26 heavy (non-hydrogen) atoms. The van der Waals surface area contributed by atoms with Gasteiger partial charge in [-0.3, -0.25) is 14.3 Å². The molecule has 1 amide bonds. The number of H-pyrrole nitrogens is 1. The molecule has 0 radical (unpaired) electrons. The highest BCUT2D eigenvalue weighted by Gasteiger charge is 2.17. The van der Waals surface area contributed by atoms with Crippen LogP contribution in [-0.4, -0.2) is 25.8 Å². The first-order valence-electron chi connectivity index (χ1n) is 7.78. The molecule has 0 aliphatic carbocycles. The molecule has 0 unspecified atom stereocenters. The molecule has 0 saturated heterocycles. The Hall–Kier alpha value is -3.39. The van der Waals surface area contributed by atoms with Crippen LogP contribution in [0.5, 0.6) is 5.75 Å². The number of aromatic nitrogens is 3. The molecule has 0 atom stereocenters. The number of rotatable bonds is 4. The first-order valence-corrected chi connectivity index (χ1v) is 8.66. The Labute approximate surface area is 151 Å². The molecule has 4 N–H and O–H groups in total. The van der Waals surface area contributed by atoms with Crippen LogP contribution in [0.1, 0.15) is 15.2 Å². The predicted octanol–water partition coefficient (Wildman–Crippen LogP) is 2.31. The van der Waals surface area contributed by atoms with Gasteiger partial charge in [0.05, 0.1) is 22.3 Å². The van der Waals surface area contributed by atoms with Gasteiger partial charge < -0.3 is 15.8 Å². The van der Waals surface area contributed by atoms with E-state index in [-0.39, 0.29) is 11.3 Å². The molecular weight excluding hydrogens is 352 g/mol. The van der Waals surface area contributed by atoms with Crippen molar-refractivity contribution in [2.24, 2.45) is 5.73 Å². The van der Waals surface area contributed by atoms with E-state index < -0.39 is 5.91 Å². The number of pyridine rings is 1. The van der Waals surface area contributed by atoms with Gasteiger partial charge in [-0.15, -0.1) is 11.3 Å². The van der Waals surface area contributed by atoms with Crippen molar-refractivity contribution >= 4 is 28.1 Å². The zero-order valence-corrected chi connectivity index (χ0v) is 14.3. The van der Waals surface area contributed by atoms with Crippen molar-refractivity contribution in [2.75, 3.05) is 0 Å². The maximum atomic E-state index is 12.4. The maximum Gasteiger partial charge on any atom is 0.259 e. The zero-order chi connectivity index (χ0) is 18.3. The van der Waals surface area contributed by atoms with E-state index in [1.54, 1.807) is 52.7 Å². The SMILES string of the molecule is NC(=O)c1cc(-c2nn(Cc3ccc(O)cc3)c3cc[nH]c(=O)c23)cs1. The second kappa shape index (κ2) is 6.16. The molecule has 8 heteroatoms. The van der Waals surface area contributed by atoms with Gasteiger partial charge in [0.15, 0.2) is 0 Å². The number of fused-ring (bicyclic) bond motifs is 1. The summed E-state index contributed by atoms with van der Waals surface area (Å²) in [5, 5.41) is 16.2. The first kappa shape index (κ1) is 16.1. The van der Waals surface area contributed by atoms with Gasteiger partial charge in [0.1, 0.15) is 11.4 Å². The lowest BCUT2D eigenvalue weighted by Gasteiger charge is -2.03. The molecule has 3 heterocycles. The Balaban J connectivity index is 1.86. The van der Waals surface area contributed by atoms with Gasteiger partial charge in [0, 0.05) is 17.1 Å². The van der Waals surface area contributed by atoms with Crippen LogP contribution >= 0.6 is 11.3 Å². The number of amides is 1. The van der Waals surface area contributed by atoms with Crippen LogP contribution in [0, 0.1) is 0 Å². The number of aromatic hydroxyl groups is 1. The van der Waals surface area contributed by atoms with E-state index in [0.29, 0.717) is 33.6 Å². The average molecular weight is 366 g/mol. The number of phenolic OH excluding ortho intramolecular Hbond substituents is 1. The third kappa shape index (κ3) is 2.76. The molecule has 0 fully saturated rings. The van der Waals surface area contributed by atoms with Crippen LogP contribution in [-0.2, 0) is 6.54 Å². The minimum absolute atomic E-state index is 0.188. The number of carbonyl (C=O) groups excluding carboxylic acids is 1. The lowest BCUT2D eigenvalue weighted by atomic mass is 10.1. The van der Waals surface area contributed by atoms with Gasteiger partial charge >= 0.3 is 0 Å². The van der Waals surface area contributed by atoms with Gasteiger partial charge in [-0.1, -0.05) is 12.1 Å². The molecule has 4 aromatic rings. The molecule has 130 valence electrons. The quantitative estimate of drug-likeness (QED) is 0.514. The summed E-state index contributed by atoms with van der Waals surface area (Å²) in [5.74, 6) is -0.323. The summed E-state index contributed by atoms with van der Waals surface area (Å²) in [7, 11) is 0. The first-order chi connectivity index (χ1) is 12.5. The van der Waals surface area contributed by atoms with E-state index in [0.717, 1.165) is 5.56 Å². The summed E-state index contributed by atoms with van der Waals surface area (Å²) in [4.78, 5) is 26.8. The van der Waals surface area contributed by atoms with Crippen LogP contribution in [0.4, 0.5) is 0 Å². The van der Waals surface area contributed by atoms with E-state index in [9.17, 15) is 14.7 Å². The summed E-state index contributed by atoms with van der Waals surface area (Å²) in [6.07, 6.45) is 1.58. The molecule has 4 rings (SSSR count). The number of benzene rings is 1. The summed E-state index contributed by atoms with van der Waals surface area (Å²) in [6.45, 7) is 0.438. The molecule has 7 nitrogen and oxygen atoms in total. The average Bonchev–Trinajstić information content (AvgIpc) is 3.23. The minimum Gasteiger partial charge on any atom is -0.508 e. The number of aromatic amines is 1. The summed E-state index contributed by atoms with van der Waals surface area (Å²) in [5.41, 5.74) is 7.87. The van der Waals surface area contributed by atoms with Crippen LogP contribution in [0.25, 0.3) is 22.2 Å². The highest BCUT2D eigenvalue weighted by Crippen LogP contribution is 2.29. The highest BCUT2D eigenvalue weighted by molar-refractivity contribution is 7.12. The summed E-state index contributed by atoms with van der Waals surface area (Å²) >= 11 is 1.22. The lowest BCUT2D eigenvalue weighted by Crippen LogP contribution is -2.08. The Morgan fingerprint density at radius 2 is 2.04 bits per heavy atom. The van der Waals surface area contributed by atoms with Crippen LogP contribution in [0.15, 0.2) is 52.8 Å². The fraction of sp³-hybridized carbons (Fsp3) is 0.0556. The molecule has 1 aromatic carbocycles. The van der Waals surface area contributed by atoms with Crippen LogP contribution in [0.2, 0.25) is 0 Å². The number of thiophene rings is 1.